The van der Waals surface area contributed by atoms with Crippen LogP contribution >= 0.6 is 15.9 Å². The molecule has 0 aliphatic carbocycles. The minimum atomic E-state index is -2.70. The molecule has 0 atom stereocenters. The Morgan fingerprint density at radius 1 is 1.64 bits per heavy atom. The lowest BCUT2D eigenvalue weighted by molar-refractivity contribution is 0.0688. The quantitative estimate of drug-likeness (QED) is 0.837. The summed E-state index contributed by atoms with van der Waals surface area (Å²) in [7, 11) is 0. The lowest BCUT2D eigenvalue weighted by atomic mass is 10.1. The standard InChI is InChI=1S/C8H6BrF2NO2/c1-3-4(7(10)11)2-5(9)12-6(3)8(13)14/h2,7H,1H3,(H,13,14). The first-order valence-electron chi connectivity index (χ1n) is 3.62. The van der Waals surface area contributed by atoms with Crippen molar-refractivity contribution in [3.05, 3.63) is 27.5 Å². The van der Waals surface area contributed by atoms with Crippen molar-refractivity contribution >= 4 is 21.9 Å². The number of aromatic carboxylic acids is 1. The topological polar surface area (TPSA) is 50.2 Å². The van der Waals surface area contributed by atoms with Gasteiger partial charge in [0.15, 0.2) is 5.69 Å². The summed E-state index contributed by atoms with van der Waals surface area (Å²) in [6.07, 6.45) is -2.70. The second kappa shape index (κ2) is 4.00. The van der Waals surface area contributed by atoms with Gasteiger partial charge >= 0.3 is 5.97 Å². The fraction of sp³-hybridized carbons (Fsp3) is 0.250. The maximum atomic E-state index is 12.4. The highest BCUT2D eigenvalue weighted by Gasteiger charge is 2.19. The first kappa shape index (κ1) is 11.0. The largest absolute Gasteiger partial charge is 0.477 e. The van der Waals surface area contributed by atoms with Crippen molar-refractivity contribution in [3.8, 4) is 0 Å². The number of hydrogen-bond donors (Lipinski definition) is 1. The van der Waals surface area contributed by atoms with Crippen molar-refractivity contribution in [2.45, 2.75) is 13.3 Å². The molecule has 14 heavy (non-hydrogen) atoms. The van der Waals surface area contributed by atoms with Gasteiger partial charge in [-0.15, -0.1) is 0 Å². The Bertz CT molecular complexity index is 382. The molecule has 0 saturated heterocycles. The van der Waals surface area contributed by atoms with E-state index < -0.39 is 12.4 Å². The fourth-order valence-corrected chi connectivity index (χ4v) is 1.46. The van der Waals surface area contributed by atoms with Gasteiger partial charge in [-0.25, -0.2) is 18.6 Å². The molecule has 1 aromatic heterocycles. The highest BCUT2D eigenvalue weighted by Crippen LogP contribution is 2.26. The van der Waals surface area contributed by atoms with E-state index in [4.69, 9.17) is 5.11 Å². The van der Waals surface area contributed by atoms with Crippen LogP contribution in [0.15, 0.2) is 10.7 Å². The third-order valence-corrected chi connectivity index (χ3v) is 2.13. The molecule has 0 aliphatic rings. The van der Waals surface area contributed by atoms with E-state index in [1.165, 1.54) is 6.92 Å². The summed E-state index contributed by atoms with van der Waals surface area (Å²) in [5, 5.41) is 8.67. The molecule has 0 amide bonds. The SMILES string of the molecule is Cc1c(C(F)F)cc(Br)nc1C(=O)O. The summed E-state index contributed by atoms with van der Waals surface area (Å²) in [6.45, 7) is 1.31. The molecular weight excluding hydrogens is 260 g/mol. The second-order valence-corrected chi connectivity index (χ2v) is 3.43. The van der Waals surface area contributed by atoms with Crippen LogP contribution in [0, 0.1) is 6.92 Å². The lowest BCUT2D eigenvalue weighted by Crippen LogP contribution is -2.07. The average molecular weight is 266 g/mol. The third-order valence-electron chi connectivity index (χ3n) is 1.72. The van der Waals surface area contributed by atoms with E-state index in [9.17, 15) is 13.6 Å². The van der Waals surface area contributed by atoms with Gasteiger partial charge in [-0.2, -0.15) is 0 Å². The van der Waals surface area contributed by atoms with E-state index in [0.717, 1.165) is 6.07 Å². The number of carboxylic acid groups (broad SMARTS) is 1. The average Bonchev–Trinajstić information content (AvgIpc) is 2.07. The summed E-state index contributed by atoms with van der Waals surface area (Å²) < 4.78 is 24.9. The van der Waals surface area contributed by atoms with Gasteiger partial charge in [-0.1, -0.05) is 0 Å². The van der Waals surface area contributed by atoms with Gasteiger partial charge in [0.2, 0.25) is 0 Å². The van der Waals surface area contributed by atoms with Crippen LogP contribution in [0.25, 0.3) is 0 Å². The van der Waals surface area contributed by atoms with E-state index in [0.29, 0.717) is 0 Å². The molecule has 6 heteroatoms. The summed E-state index contributed by atoms with van der Waals surface area (Å²) >= 11 is 2.88. The molecular formula is C8H6BrF2NO2. The van der Waals surface area contributed by atoms with E-state index in [2.05, 4.69) is 20.9 Å². The van der Waals surface area contributed by atoms with Crippen molar-refractivity contribution in [2.24, 2.45) is 0 Å². The van der Waals surface area contributed by atoms with Gasteiger partial charge < -0.3 is 5.11 Å². The Balaban J connectivity index is 3.40. The minimum Gasteiger partial charge on any atom is -0.477 e. The summed E-state index contributed by atoms with van der Waals surface area (Å²) in [5.41, 5.74) is -0.672. The van der Waals surface area contributed by atoms with Crippen LogP contribution in [0.3, 0.4) is 0 Å². The van der Waals surface area contributed by atoms with Crippen molar-refractivity contribution in [1.29, 1.82) is 0 Å². The van der Waals surface area contributed by atoms with Crippen LogP contribution in [0.4, 0.5) is 8.78 Å². The second-order valence-electron chi connectivity index (χ2n) is 2.61. The molecule has 0 unspecified atom stereocenters. The molecule has 0 radical (unpaired) electrons. The van der Waals surface area contributed by atoms with Gasteiger partial charge in [-0.3, -0.25) is 0 Å². The maximum absolute atomic E-state index is 12.4. The molecule has 1 heterocycles. The van der Waals surface area contributed by atoms with Gasteiger partial charge in [0.25, 0.3) is 6.43 Å². The molecule has 1 aromatic rings. The number of carbonyl (C=O) groups is 1. The maximum Gasteiger partial charge on any atom is 0.354 e. The number of carboxylic acids is 1. The molecule has 0 aromatic carbocycles. The number of halogens is 3. The van der Waals surface area contributed by atoms with Crippen molar-refractivity contribution in [1.82, 2.24) is 4.98 Å². The first-order valence-corrected chi connectivity index (χ1v) is 4.41. The van der Waals surface area contributed by atoms with Gasteiger partial charge in [0, 0.05) is 5.56 Å². The molecule has 0 bridgehead atoms. The molecule has 1 rings (SSSR count). The number of rotatable bonds is 2. The Kier molecular flexibility index (Phi) is 3.15. The minimum absolute atomic E-state index is 0.00398. The monoisotopic (exact) mass is 265 g/mol. The van der Waals surface area contributed by atoms with E-state index in [1.807, 2.05) is 0 Å². The summed E-state index contributed by atoms with van der Waals surface area (Å²) in [4.78, 5) is 14.2. The normalized spacial score (nSPS) is 10.6. The number of nitrogens with zero attached hydrogens (tertiary/aromatic N) is 1. The van der Waals surface area contributed by atoms with E-state index >= 15 is 0 Å². The van der Waals surface area contributed by atoms with Crippen molar-refractivity contribution in [3.63, 3.8) is 0 Å². The lowest BCUT2D eigenvalue weighted by Gasteiger charge is -2.07. The molecule has 0 saturated carbocycles. The molecule has 76 valence electrons. The smallest absolute Gasteiger partial charge is 0.354 e. The fourth-order valence-electron chi connectivity index (χ4n) is 1.03. The van der Waals surface area contributed by atoms with Gasteiger partial charge in [-0.05, 0) is 34.5 Å². The Hall–Kier alpha value is -1.04. The van der Waals surface area contributed by atoms with E-state index in [1.54, 1.807) is 0 Å². The Labute approximate surface area is 86.9 Å². The molecule has 1 N–H and O–H groups in total. The Morgan fingerprint density at radius 3 is 2.64 bits per heavy atom. The van der Waals surface area contributed by atoms with Crippen LogP contribution in [-0.4, -0.2) is 16.1 Å². The first-order chi connectivity index (χ1) is 6.43. The van der Waals surface area contributed by atoms with Gasteiger partial charge in [0.05, 0.1) is 0 Å². The highest BCUT2D eigenvalue weighted by molar-refractivity contribution is 9.10. The van der Waals surface area contributed by atoms with E-state index in [-0.39, 0.29) is 21.4 Å². The van der Waals surface area contributed by atoms with Crippen LogP contribution in [-0.2, 0) is 0 Å². The van der Waals surface area contributed by atoms with Crippen molar-refractivity contribution in [2.75, 3.05) is 0 Å². The van der Waals surface area contributed by atoms with Crippen LogP contribution < -0.4 is 0 Å². The molecule has 3 nitrogen and oxygen atoms in total. The highest BCUT2D eigenvalue weighted by atomic mass is 79.9. The number of pyridine rings is 1. The predicted molar refractivity (Wildman–Crippen MR) is 48.6 cm³/mol. The zero-order chi connectivity index (χ0) is 10.9. The number of alkyl halides is 2. The third kappa shape index (κ3) is 2.06. The summed E-state index contributed by atoms with van der Waals surface area (Å²) in [6, 6.07) is 1.12. The summed E-state index contributed by atoms with van der Waals surface area (Å²) in [5.74, 6) is -1.31. The molecule has 0 aliphatic heterocycles. The number of aromatic nitrogens is 1. The Morgan fingerprint density at radius 2 is 2.21 bits per heavy atom. The predicted octanol–water partition coefficient (Wildman–Crippen LogP) is 2.79. The number of hydrogen-bond acceptors (Lipinski definition) is 2. The van der Waals surface area contributed by atoms with Crippen molar-refractivity contribution < 1.29 is 18.7 Å². The van der Waals surface area contributed by atoms with Crippen LogP contribution in [0.5, 0.6) is 0 Å². The van der Waals surface area contributed by atoms with Crippen LogP contribution in [0.2, 0.25) is 0 Å². The zero-order valence-electron chi connectivity index (χ0n) is 7.09. The molecule has 0 spiro atoms. The molecule has 0 fully saturated rings. The zero-order valence-corrected chi connectivity index (χ0v) is 8.68. The van der Waals surface area contributed by atoms with Gasteiger partial charge in [0.1, 0.15) is 4.60 Å². The van der Waals surface area contributed by atoms with Crippen LogP contribution in [0.1, 0.15) is 28.0 Å².